The van der Waals surface area contributed by atoms with Gasteiger partial charge in [0.05, 0.1) is 0 Å². The zero-order chi connectivity index (χ0) is 10.1. The van der Waals surface area contributed by atoms with E-state index in [2.05, 4.69) is 6.08 Å². The lowest BCUT2D eigenvalue weighted by atomic mass is 9.89. The van der Waals surface area contributed by atoms with Crippen LogP contribution in [0.25, 0.3) is 0 Å². The average Bonchev–Trinajstić information content (AvgIpc) is 2.19. The quantitative estimate of drug-likeness (QED) is 0.602. The molecule has 0 aliphatic heterocycles. The molecule has 0 aromatic heterocycles. The second-order valence-corrected chi connectivity index (χ2v) is 3.37. The van der Waals surface area contributed by atoms with Gasteiger partial charge in [0.25, 0.3) is 0 Å². The molecule has 0 aromatic carbocycles. The minimum Gasteiger partial charge on any atom is -0.295 e. The van der Waals surface area contributed by atoms with Crippen molar-refractivity contribution in [3.63, 3.8) is 0 Å². The van der Waals surface area contributed by atoms with Crippen molar-refractivity contribution in [1.29, 1.82) is 0 Å². The van der Waals surface area contributed by atoms with Crippen LogP contribution < -0.4 is 0 Å². The first kappa shape index (κ1) is 15.9. The van der Waals surface area contributed by atoms with E-state index in [0.717, 1.165) is 0 Å². The highest BCUT2D eigenvalue weighted by Crippen LogP contribution is 2.24. The van der Waals surface area contributed by atoms with Crippen LogP contribution in [0.3, 0.4) is 0 Å². The largest absolute Gasteiger partial charge is 0.295 e. The molecule has 0 radical (unpaired) electrons. The smallest absolute Gasteiger partial charge is 0.152 e. The van der Waals surface area contributed by atoms with Crippen molar-refractivity contribution >= 4 is 5.78 Å². The van der Waals surface area contributed by atoms with Gasteiger partial charge in [0.2, 0.25) is 0 Å². The molecule has 0 amide bonds. The molecule has 0 spiro atoms. The van der Waals surface area contributed by atoms with E-state index in [0.29, 0.717) is 5.92 Å². The Hall–Kier alpha value is -0.590. The van der Waals surface area contributed by atoms with E-state index in [1.54, 1.807) is 13.0 Å². The highest BCUT2D eigenvalue weighted by Gasteiger charge is 2.09. The molecule has 0 heterocycles. The predicted molar refractivity (Wildman–Crippen MR) is 64.5 cm³/mol. The van der Waals surface area contributed by atoms with Crippen molar-refractivity contribution in [2.75, 3.05) is 0 Å². The van der Waals surface area contributed by atoms with Crippen LogP contribution in [0.2, 0.25) is 0 Å². The molecule has 1 fully saturated rings. The summed E-state index contributed by atoms with van der Waals surface area (Å²) in [5, 5.41) is 0. The number of carbonyl (C=O) groups excluding carboxylic acids is 1. The van der Waals surface area contributed by atoms with Crippen molar-refractivity contribution in [3.05, 3.63) is 12.2 Å². The fourth-order valence-corrected chi connectivity index (χ4v) is 1.60. The first-order chi connectivity index (χ1) is 6.29. The maximum atomic E-state index is 10.6. The molecule has 1 aliphatic carbocycles. The monoisotopic (exact) mass is 198 g/mol. The number of allylic oxidation sites excluding steroid dienone is 2. The zero-order valence-corrected chi connectivity index (χ0v) is 9.18. The van der Waals surface area contributed by atoms with Crippen molar-refractivity contribution in [1.82, 2.24) is 0 Å². The third kappa shape index (κ3) is 8.03. The highest BCUT2D eigenvalue weighted by atomic mass is 16.1. The summed E-state index contributed by atoms with van der Waals surface area (Å²) >= 11 is 0. The Bertz CT molecular complexity index is 153. The molecular formula is C13H26O. The van der Waals surface area contributed by atoms with Crippen LogP contribution in [-0.4, -0.2) is 5.78 Å². The van der Waals surface area contributed by atoms with Gasteiger partial charge in [-0.25, -0.2) is 0 Å². The number of ketones is 1. The summed E-state index contributed by atoms with van der Waals surface area (Å²) in [5.41, 5.74) is 0. The first-order valence-electron chi connectivity index (χ1n) is 5.48. The van der Waals surface area contributed by atoms with Crippen LogP contribution in [0.4, 0.5) is 0 Å². The molecule has 1 nitrogen and oxygen atoms in total. The van der Waals surface area contributed by atoms with Gasteiger partial charge >= 0.3 is 0 Å². The summed E-state index contributed by atoms with van der Waals surface area (Å²) in [4.78, 5) is 10.6. The van der Waals surface area contributed by atoms with Crippen molar-refractivity contribution in [2.45, 2.75) is 60.3 Å². The molecule has 84 valence electrons. The van der Waals surface area contributed by atoms with Gasteiger partial charge in [0, 0.05) is 0 Å². The lowest BCUT2D eigenvalue weighted by Gasteiger charge is -2.17. The van der Waals surface area contributed by atoms with E-state index < -0.39 is 0 Å². The standard InChI is InChI=1S/C10H16O.C2H6.CH4/c1-9(11)7-8-10-5-3-2-4-6-10;1-2;/h7-8,10H,2-6H2,1H3;1-2H3;1H4/b8-7+;;. The van der Waals surface area contributed by atoms with Crippen LogP contribution in [-0.2, 0) is 4.79 Å². The van der Waals surface area contributed by atoms with Gasteiger partial charge < -0.3 is 0 Å². The molecule has 1 rings (SSSR count). The molecule has 0 saturated heterocycles. The van der Waals surface area contributed by atoms with Crippen molar-refractivity contribution in [2.24, 2.45) is 5.92 Å². The number of hydrogen-bond donors (Lipinski definition) is 0. The fourth-order valence-electron chi connectivity index (χ4n) is 1.60. The molecule has 1 heteroatoms. The van der Waals surface area contributed by atoms with Crippen LogP contribution >= 0.6 is 0 Å². The Morgan fingerprint density at radius 3 is 2.07 bits per heavy atom. The third-order valence-corrected chi connectivity index (χ3v) is 2.25. The molecule has 1 saturated carbocycles. The Morgan fingerprint density at radius 2 is 1.64 bits per heavy atom. The van der Waals surface area contributed by atoms with Gasteiger partial charge in [-0.3, -0.25) is 4.79 Å². The lowest BCUT2D eigenvalue weighted by molar-refractivity contribution is -0.112. The number of rotatable bonds is 2. The van der Waals surface area contributed by atoms with E-state index in [1.807, 2.05) is 13.8 Å². The van der Waals surface area contributed by atoms with E-state index in [9.17, 15) is 4.79 Å². The number of hydrogen-bond acceptors (Lipinski definition) is 1. The van der Waals surface area contributed by atoms with E-state index >= 15 is 0 Å². The summed E-state index contributed by atoms with van der Waals surface area (Å²) in [6.45, 7) is 5.61. The van der Waals surface area contributed by atoms with Gasteiger partial charge in [-0.1, -0.05) is 46.6 Å². The molecule has 0 unspecified atom stereocenters. The molecule has 1 aliphatic rings. The Labute approximate surface area is 89.6 Å². The van der Waals surface area contributed by atoms with Crippen LogP contribution in [0.15, 0.2) is 12.2 Å². The van der Waals surface area contributed by atoms with Crippen LogP contribution in [0, 0.1) is 5.92 Å². The second-order valence-electron chi connectivity index (χ2n) is 3.37. The maximum Gasteiger partial charge on any atom is 0.152 e. The topological polar surface area (TPSA) is 17.1 Å². The van der Waals surface area contributed by atoms with Gasteiger partial charge in [-0.05, 0) is 31.8 Å². The Morgan fingerprint density at radius 1 is 1.14 bits per heavy atom. The van der Waals surface area contributed by atoms with Crippen molar-refractivity contribution < 1.29 is 4.79 Å². The van der Waals surface area contributed by atoms with Gasteiger partial charge in [0.1, 0.15) is 0 Å². The summed E-state index contributed by atoms with van der Waals surface area (Å²) in [6, 6.07) is 0. The van der Waals surface area contributed by atoms with Gasteiger partial charge in [0.15, 0.2) is 5.78 Å². The molecular weight excluding hydrogens is 172 g/mol. The summed E-state index contributed by atoms with van der Waals surface area (Å²) in [6.07, 6.45) is 10.4. The molecule has 0 atom stereocenters. The van der Waals surface area contributed by atoms with Gasteiger partial charge in [-0.2, -0.15) is 0 Å². The normalized spacial score (nSPS) is 16.8. The van der Waals surface area contributed by atoms with Crippen molar-refractivity contribution in [3.8, 4) is 0 Å². The van der Waals surface area contributed by atoms with Gasteiger partial charge in [-0.15, -0.1) is 0 Å². The highest BCUT2D eigenvalue weighted by molar-refractivity contribution is 5.87. The Kier molecular flexibility index (Phi) is 11.9. The molecule has 14 heavy (non-hydrogen) atoms. The second kappa shape index (κ2) is 10.5. The average molecular weight is 198 g/mol. The van der Waals surface area contributed by atoms with E-state index in [4.69, 9.17) is 0 Å². The van der Waals surface area contributed by atoms with E-state index in [-0.39, 0.29) is 13.2 Å². The first-order valence-corrected chi connectivity index (χ1v) is 5.48. The minimum absolute atomic E-state index is 0. The lowest BCUT2D eigenvalue weighted by Crippen LogP contribution is -2.03. The Balaban J connectivity index is 0. The van der Waals surface area contributed by atoms with Crippen LogP contribution in [0.5, 0.6) is 0 Å². The van der Waals surface area contributed by atoms with Crippen LogP contribution in [0.1, 0.15) is 60.3 Å². The molecule has 0 aromatic rings. The fraction of sp³-hybridized carbons (Fsp3) is 0.769. The number of carbonyl (C=O) groups is 1. The van der Waals surface area contributed by atoms with E-state index in [1.165, 1.54) is 32.1 Å². The third-order valence-electron chi connectivity index (χ3n) is 2.25. The molecule has 0 bridgehead atoms. The minimum atomic E-state index is 0. The summed E-state index contributed by atoms with van der Waals surface area (Å²) in [5.74, 6) is 0.864. The summed E-state index contributed by atoms with van der Waals surface area (Å²) < 4.78 is 0. The zero-order valence-electron chi connectivity index (χ0n) is 9.18. The maximum absolute atomic E-state index is 10.6. The predicted octanol–water partition coefficient (Wildman–Crippen LogP) is 4.37. The molecule has 0 N–H and O–H groups in total. The summed E-state index contributed by atoms with van der Waals surface area (Å²) in [7, 11) is 0. The SMILES string of the molecule is C.CC.CC(=O)/C=C/C1CCCCC1.